The molecule has 1 saturated heterocycles. The predicted octanol–water partition coefficient (Wildman–Crippen LogP) is 2.40. The molecule has 4 rings (SSSR count). The Morgan fingerprint density at radius 2 is 2.26 bits per heavy atom. The van der Waals surface area contributed by atoms with E-state index in [2.05, 4.69) is 24.8 Å². The Bertz CT molecular complexity index is 683. The number of esters is 1. The van der Waals surface area contributed by atoms with E-state index in [1.165, 1.54) is 17.2 Å². The quantitative estimate of drug-likeness (QED) is 0.852. The number of likely N-dealkylation sites (tertiary alicyclic amines) is 1. The number of phenols is 1. The second-order valence-electron chi connectivity index (χ2n) is 7.40. The Balaban J connectivity index is 1.62. The number of phenolic OH excluding ortho intramolecular Hbond substituents is 1. The Kier molecular flexibility index (Phi) is 3.27. The summed E-state index contributed by atoms with van der Waals surface area (Å²) in [7, 11) is 0. The van der Waals surface area contributed by atoms with Gasteiger partial charge < -0.3 is 9.84 Å². The van der Waals surface area contributed by atoms with Crippen molar-refractivity contribution in [3.05, 3.63) is 41.5 Å². The molecule has 2 heterocycles. The van der Waals surface area contributed by atoms with Gasteiger partial charge in [0.25, 0.3) is 0 Å². The Hall–Kier alpha value is -1.81. The van der Waals surface area contributed by atoms with E-state index < -0.39 is 0 Å². The molecule has 0 radical (unpaired) electrons. The zero-order valence-electron chi connectivity index (χ0n) is 13.7. The van der Waals surface area contributed by atoms with Gasteiger partial charge in [-0.1, -0.05) is 19.9 Å². The highest BCUT2D eigenvalue weighted by Crippen LogP contribution is 2.49. The summed E-state index contributed by atoms with van der Waals surface area (Å²) in [6.45, 7) is 6.43. The molecule has 122 valence electrons. The Morgan fingerprint density at radius 1 is 1.43 bits per heavy atom. The van der Waals surface area contributed by atoms with Gasteiger partial charge in [-0.3, -0.25) is 4.90 Å². The summed E-state index contributed by atoms with van der Waals surface area (Å²) >= 11 is 0. The van der Waals surface area contributed by atoms with Crippen molar-refractivity contribution in [3.8, 4) is 5.75 Å². The second-order valence-corrected chi connectivity index (χ2v) is 7.40. The molecule has 2 aliphatic heterocycles. The van der Waals surface area contributed by atoms with Crippen LogP contribution < -0.4 is 0 Å². The van der Waals surface area contributed by atoms with Gasteiger partial charge in [0.05, 0.1) is 0 Å². The van der Waals surface area contributed by atoms with Crippen LogP contribution in [0.25, 0.3) is 0 Å². The first-order chi connectivity index (χ1) is 11.0. The van der Waals surface area contributed by atoms with E-state index in [0.29, 0.717) is 17.7 Å². The molecule has 2 bridgehead atoms. The van der Waals surface area contributed by atoms with E-state index in [4.69, 9.17) is 4.74 Å². The molecule has 0 amide bonds. The molecule has 0 aromatic heterocycles. The van der Waals surface area contributed by atoms with Crippen LogP contribution >= 0.6 is 0 Å². The summed E-state index contributed by atoms with van der Waals surface area (Å²) in [5.41, 5.74) is 2.76. The molecular formula is C19H23NO3. The average Bonchev–Trinajstić information content (AvgIpc) is 2.92. The highest BCUT2D eigenvalue weighted by Gasteiger charge is 2.48. The minimum absolute atomic E-state index is 0.107. The van der Waals surface area contributed by atoms with Gasteiger partial charge in [0, 0.05) is 18.7 Å². The van der Waals surface area contributed by atoms with Crippen molar-refractivity contribution in [2.45, 2.75) is 44.2 Å². The van der Waals surface area contributed by atoms with Crippen LogP contribution in [0.15, 0.2) is 30.4 Å². The molecule has 4 heteroatoms. The van der Waals surface area contributed by atoms with Crippen molar-refractivity contribution in [3.63, 3.8) is 0 Å². The number of cyclic esters (lactones) is 1. The lowest BCUT2D eigenvalue weighted by Gasteiger charge is -2.54. The maximum atomic E-state index is 11.3. The molecule has 4 nitrogen and oxygen atoms in total. The largest absolute Gasteiger partial charge is 0.508 e. The number of aromatic hydroxyl groups is 1. The van der Waals surface area contributed by atoms with E-state index in [1.807, 2.05) is 12.1 Å². The monoisotopic (exact) mass is 313 g/mol. The number of piperidine rings is 1. The lowest BCUT2D eigenvalue weighted by molar-refractivity contribution is -0.140. The van der Waals surface area contributed by atoms with Crippen molar-refractivity contribution >= 4 is 5.97 Å². The lowest BCUT2D eigenvalue weighted by Crippen LogP contribution is -2.59. The number of carbonyl (C=O) groups is 1. The molecule has 1 aliphatic carbocycles. The van der Waals surface area contributed by atoms with Crippen LogP contribution in [-0.2, 0) is 21.4 Å². The minimum Gasteiger partial charge on any atom is -0.508 e. The first kappa shape index (κ1) is 14.8. The molecule has 23 heavy (non-hydrogen) atoms. The highest BCUT2D eigenvalue weighted by molar-refractivity contribution is 5.84. The van der Waals surface area contributed by atoms with E-state index >= 15 is 0 Å². The van der Waals surface area contributed by atoms with Gasteiger partial charge in [-0.2, -0.15) is 0 Å². The van der Waals surface area contributed by atoms with Gasteiger partial charge in [0.15, 0.2) is 0 Å². The second kappa shape index (κ2) is 5.10. The molecule has 1 aromatic carbocycles. The first-order valence-corrected chi connectivity index (χ1v) is 8.42. The van der Waals surface area contributed by atoms with Crippen molar-refractivity contribution in [1.82, 2.24) is 4.90 Å². The van der Waals surface area contributed by atoms with Crippen LogP contribution in [0.3, 0.4) is 0 Å². The number of fused-ring (bicyclic) bond motifs is 4. The maximum Gasteiger partial charge on any atom is 0.331 e. The standard InChI is InChI=1S/C19H23NO3/c1-12-17-9-13-3-4-14(21)10-16(13)19(12,2)7-8-20(17)11-15-5-6-18(22)23-15/h3-6,10,12,15,17,21H,7-9,11H2,1-2H3/t12-,15-,17+,19+/m0/s1. The summed E-state index contributed by atoms with van der Waals surface area (Å²) < 4.78 is 5.32. The summed E-state index contributed by atoms with van der Waals surface area (Å²) in [6.07, 6.45) is 5.35. The minimum atomic E-state index is -0.227. The van der Waals surface area contributed by atoms with Gasteiger partial charge in [-0.15, -0.1) is 0 Å². The first-order valence-electron chi connectivity index (χ1n) is 8.42. The van der Waals surface area contributed by atoms with Crippen molar-refractivity contribution in [2.75, 3.05) is 13.1 Å². The zero-order valence-corrected chi connectivity index (χ0v) is 13.7. The summed E-state index contributed by atoms with van der Waals surface area (Å²) in [4.78, 5) is 13.8. The van der Waals surface area contributed by atoms with Crippen LogP contribution in [0.1, 0.15) is 31.4 Å². The maximum absolute atomic E-state index is 11.3. The lowest BCUT2D eigenvalue weighted by atomic mass is 9.59. The molecule has 1 N–H and O–H groups in total. The van der Waals surface area contributed by atoms with E-state index in [-0.39, 0.29) is 17.5 Å². The average molecular weight is 313 g/mol. The smallest absolute Gasteiger partial charge is 0.331 e. The number of ether oxygens (including phenoxy) is 1. The van der Waals surface area contributed by atoms with E-state index in [0.717, 1.165) is 25.9 Å². The van der Waals surface area contributed by atoms with Gasteiger partial charge in [0.1, 0.15) is 11.9 Å². The third-order valence-electron chi connectivity index (χ3n) is 6.24. The van der Waals surface area contributed by atoms with Crippen molar-refractivity contribution in [1.29, 1.82) is 0 Å². The number of carbonyl (C=O) groups excluding carboxylic acids is 1. The van der Waals surface area contributed by atoms with Crippen molar-refractivity contribution < 1.29 is 14.6 Å². The van der Waals surface area contributed by atoms with Gasteiger partial charge in [0.2, 0.25) is 0 Å². The Morgan fingerprint density at radius 3 is 3.00 bits per heavy atom. The fourth-order valence-electron chi connectivity index (χ4n) is 4.67. The van der Waals surface area contributed by atoms with Gasteiger partial charge in [-0.25, -0.2) is 4.79 Å². The number of hydrogen-bond donors (Lipinski definition) is 1. The molecular weight excluding hydrogens is 290 g/mol. The molecule has 1 fully saturated rings. The molecule has 3 aliphatic rings. The molecule has 1 aromatic rings. The molecule has 0 saturated carbocycles. The fraction of sp³-hybridized carbons (Fsp3) is 0.526. The SMILES string of the molecule is C[C@H]1[C@H]2Cc3ccc(O)cc3[C@]1(C)CCN2C[C@@H]1C=CC(=O)O1. The predicted molar refractivity (Wildman–Crippen MR) is 87.3 cm³/mol. The van der Waals surface area contributed by atoms with E-state index in [9.17, 15) is 9.90 Å². The summed E-state index contributed by atoms with van der Waals surface area (Å²) in [5.74, 6) is 0.641. The van der Waals surface area contributed by atoms with Crippen molar-refractivity contribution in [2.24, 2.45) is 5.92 Å². The third-order valence-corrected chi connectivity index (χ3v) is 6.24. The van der Waals surface area contributed by atoms with Crippen LogP contribution in [-0.4, -0.2) is 41.2 Å². The van der Waals surface area contributed by atoms with Gasteiger partial charge >= 0.3 is 5.97 Å². The van der Waals surface area contributed by atoms with Crippen LogP contribution in [0.4, 0.5) is 0 Å². The third kappa shape index (κ3) is 2.27. The number of hydrogen-bond acceptors (Lipinski definition) is 4. The summed E-state index contributed by atoms with van der Waals surface area (Å²) in [5, 5.41) is 9.89. The zero-order chi connectivity index (χ0) is 16.2. The normalized spacial score (nSPS) is 35.9. The number of benzene rings is 1. The van der Waals surface area contributed by atoms with Crippen LogP contribution in [0.5, 0.6) is 5.75 Å². The number of nitrogens with zero attached hydrogens (tertiary/aromatic N) is 1. The Labute approximate surface area is 136 Å². The molecule has 0 spiro atoms. The van der Waals surface area contributed by atoms with Crippen LogP contribution in [0, 0.1) is 5.92 Å². The fourth-order valence-corrected chi connectivity index (χ4v) is 4.67. The molecule has 4 atom stereocenters. The number of rotatable bonds is 2. The molecule has 0 unspecified atom stereocenters. The topological polar surface area (TPSA) is 49.8 Å². The summed E-state index contributed by atoms with van der Waals surface area (Å²) in [6, 6.07) is 6.28. The van der Waals surface area contributed by atoms with Gasteiger partial charge in [-0.05, 0) is 60.1 Å². The van der Waals surface area contributed by atoms with E-state index in [1.54, 1.807) is 6.07 Å². The van der Waals surface area contributed by atoms with Crippen LogP contribution in [0.2, 0.25) is 0 Å². The highest BCUT2D eigenvalue weighted by atomic mass is 16.5.